The number of nitrogens with zero attached hydrogens (tertiary/aromatic N) is 3. The first-order valence-electron chi connectivity index (χ1n) is 2.54. The highest BCUT2D eigenvalue weighted by molar-refractivity contribution is 6.32. The van der Waals surface area contributed by atoms with Gasteiger partial charge in [-0.05, 0) is 0 Å². The molecule has 0 aliphatic carbocycles. The number of nitriles is 3. The van der Waals surface area contributed by atoms with Crippen molar-refractivity contribution < 1.29 is 19.7 Å². The summed E-state index contributed by atoms with van der Waals surface area (Å²) >= 11 is 0. The Kier molecular flexibility index (Phi) is 3.71. The maximum Gasteiger partial charge on any atom is 0.662 e. The molecular formula is C4H2BN3O4. The average Bonchev–Trinajstić information content (AvgIpc) is 2.08. The van der Waals surface area contributed by atoms with Crippen molar-refractivity contribution in [3.8, 4) is 18.2 Å². The van der Waals surface area contributed by atoms with Gasteiger partial charge in [0.15, 0.2) is 0 Å². The van der Waals surface area contributed by atoms with Gasteiger partial charge in [0.05, 0.1) is 0 Å². The molecule has 0 unspecified atom stereocenters. The lowest BCUT2D eigenvalue weighted by atomic mass is 10.1. The molecule has 0 aliphatic rings. The third kappa shape index (κ3) is 2.55. The van der Waals surface area contributed by atoms with Crippen LogP contribution in [-0.4, -0.2) is 23.0 Å². The Morgan fingerprint density at radius 3 is 1.75 bits per heavy atom. The zero-order chi connectivity index (χ0) is 9.61. The van der Waals surface area contributed by atoms with Crippen molar-refractivity contribution in [1.82, 2.24) is 0 Å². The zero-order valence-electron chi connectivity index (χ0n) is 5.63. The molecule has 2 N–H and O–H groups in total. The van der Waals surface area contributed by atoms with Crippen LogP contribution in [0.5, 0.6) is 0 Å². The predicted molar refractivity (Wildman–Crippen MR) is 31.9 cm³/mol. The van der Waals surface area contributed by atoms with Gasteiger partial charge in [-0.3, -0.25) is 0 Å². The molecule has 12 heavy (non-hydrogen) atoms. The van der Waals surface area contributed by atoms with E-state index in [-0.39, 0.29) is 0 Å². The highest BCUT2D eigenvalue weighted by Gasteiger charge is 2.34. The number of hydrogen-bond donors (Lipinski definition) is 2. The minimum Gasteiger partial charge on any atom is -0.400 e. The Bertz CT molecular complexity index is 235. The third-order valence-electron chi connectivity index (χ3n) is 0.732. The van der Waals surface area contributed by atoms with Gasteiger partial charge in [-0.2, -0.15) is 20.7 Å². The minimum atomic E-state index is -2.47. The second kappa shape index (κ2) is 4.29. The van der Waals surface area contributed by atoms with Crippen LogP contribution in [0.25, 0.3) is 0 Å². The quantitative estimate of drug-likeness (QED) is 0.288. The average molecular weight is 167 g/mol. The van der Waals surface area contributed by atoms with Gasteiger partial charge in [0, 0.05) is 0 Å². The summed E-state index contributed by atoms with van der Waals surface area (Å²) in [6, 6.07) is 3.54. The standard InChI is InChI=1S/C4H2BN3O4/c6-1-4(2-7,3-8)11-12-5(9)10/h9-10H. The maximum atomic E-state index is 8.23. The zero-order valence-corrected chi connectivity index (χ0v) is 5.63. The van der Waals surface area contributed by atoms with Crippen molar-refractivity contribution >= 4 is 7.32 Å². The smallest absolute Gasteiger partial charge is 0.400 e. The lowest BCUT2D eigenvalue weighted by Crippen LogP contribution is -2.31. The van der Waals surface area contributed by atoms with Crippen LogP contribution in [0.1, 0.15) is 0 Å². The normalized spacial score (nSPS) is 9.25. The fourth-order valence-corrected chi connectivity index (χ4v) is 0.246. The molecule has 0 aromatic carbocycles. The molecule has 0 heterocycles. The van der Waals surface area contributed by atoms with Crippen molar-refractivity contribution in [1.29, 1.82) is 15.8 Å². The molecule has 0 atom stereocenters. The van der Waals surface area contributed by atoms with E-state index in [1.165, 1.54) is 18.2 Å². The number of hydrogen-bond acceptors (Lipinski definition) is 7. The third-order valence-corrected chi connectivity index (χ3v) is 0.732. The monoisotopic (exact) mass is 167 g/mol. The highest BCUT2D eigenvalue weighted by atomic mass is 17.2. The molecule has 0 saturated carbocycles. The van der Waals surface area contributed by atoms with Gasteiger partial charge < -0.3 is 10.0 Å². The van der Waals surface area contributed by atoms with Crippen LogP contribution in [-0.2, 0) is 9.69 Å². The second-order valence-electron chi connectivity index (χ2n) is 1.52. The lowest BCUT2D eigenvalue weighted by molar-refractivity contribution is -0.262. The fourth-order valence-electron chi connectivity index (χ4n) is 0.246. The van der Waals surface area contributed by atoms with Crippen molar-refractivity contribution in [2.24, 2.45) is 0 Å². The SMILES string of the molecule is N#CC(C#N)(C#N)OOB(O)O. The Balaban J connectivity index is 4.31. The van der Waals surface area contributed by atoms with Crippen LogP contribution >= 0.6 is 0 Å². The summed E-state index contributed by atoms with van der Waals surface area (Å²) in [5, 5.41) is 40.8. The molecule has 0 aromatic rings. The fraction of sp³-hybridized carbons (Fsp3) is 0.250. The molecule has 0 bridgehead atoms. The van der Waals surface area contributed by atoms with Crippen molar-refractivity contribution in [3.05, 3.63) is 0 Å². The Morgan fingerprint density at radius 2 is 1.50 bits per heavy atom. The van der Waals surface area contributed by atoms with Crippen molar-refractivity contribution in [3.63, 3.8) is 0 Å². The van der Waals surface area contributed by atoms with Crippen LogP contribution in [0.3, 0.4) is 0 Å². The molecule has 0 saturated heterocycles. The van der Waals surface area contributed by atoms with Gasteiger partial charge >= 0.3 is 12.9 Å². The Morgan fingerprint density at radius 1 is 1.08 bits per heavy atom. The van der Waals surface area contributed by atoms with Gasteiger partial charge in [0.1, 0.15) is 18.2 Å². The second-order valence-corrected chi connectivity index (χ2v) is 1.52. The summed E-state index contributed by atoms with van der Waals surface area (Å²) < 4.78 is 0. The van der Waals surface area contributed by atoms with Gasteiger partial charge in [0.2, 0.25) is 0 Å². The van der Waals surface area contributed by atoms with E-state index in [1.807, 2.05) is 0 Å². The summed E-state index contributed by atoms with van der Waals surface area (Å²) in [6.45, 7) is 0. The van der Waals surface area contributed by atoms with Gasteiger partial charge in [-0.25, -0.2) is 4.81 Å². The van der Waals surface area contributed by atoms with Crippen LogP contribution in [0.4, 0.5) is 0 Å². The first-order chi connectivity index (χ1) is 5.60. The molecule has 0 fully saturated rings. The summed E-state index contributed by atoms with van der Waals surface area (Å²) in [7, 11) is -2.31. The van der Waals surface area contributed by atoms with Crippen LogP contribution in [0, 0.1) is 34.0 Å². The van der Waals surface area contributed by atoms with E-state index in [0.29, 0.717) is 0 Å². The van der Waals surface area contributed by atoms with E-state index in [4.69, 9.17) is 25.8 Å². The topological polar surface area (TPSA) is 130 Å². The van der Waals surface area contributed by atoms with Crippen LogP contribution < -0.4 is 0 Å². The molecule has 8 heteroatoms. The highest BCUT2D eigenvalue weighted by Crippen LogP contribution is 2.07. The molecule has 0 aromatic heterocycles. The van der Waals surface area contributed by atoms with E-state index in [0.717, 1.165) is 0 Å². The summed E-state index contributed by atoms with van der Waals surface area (Å²) in [5.41, 5.74) is -2.47. The molecule has 7 nitrogen and oxygen atoms in total. The molecule has 0 amide bonds. The summed E-state index contributed by atoms with van der Waals surface area (Å²) in [6.07, 6.45) is 0. The van der Waals surface area contributed by atoms with E-state index in [9.17, 15) is 0 Å². The predicted octanol–water partition coefficient (Wildman–Crippen LogP) is -1.79. The van der Waals surface area contributed by atoms with Crippen LogP contribution in [0.15, 0.2) is 0 Å². The molecule has 0 rings (SSSR count). The van der Waals surface area contributed by atoms with Crippen LogP contribution in [0.2, 0.25) is 0 Å². The molecule has 60 valence electrons. The Labute approximate surface area is 67.7 Å². The largest absolute Gasteiger partial charge is 0.662 e. The molecule has 0 aliphatic heterocycles. The van der Waals surface area contributed by atoms with E-state index >= 15 is 0 Å². The molecular weight excluding hydrogens is 165 g/mol. The molecule has 0 spiro atoms. The molecule has 0 radical (unpaired) electrons. The minimum absolute atomic E-state index is 1.18. The first kappa shape index (κ1) is 10.4. The van der Waals surface area contributed by atoms with E-state index in [2.05, 4.69) is 9.69 Å². The van der Waals surface area contributed by atoms with Crippen molar-refractivity contribution in [2.75, 3.05) is 0 Å². The lowest BCUT2D eigenvalue weighted by Gasteiger charge is -2.07. The Hall–Kier alpha value is -1.63. The summed E-state index contributed by atoms with van der Waals surface area (Å²) in [5.74, 6) is 0. The van der Waals surface area contributed by atoms with Crippen molar-refractivity contribution in [2.45, 2.75) is 5.60 Å². The van der Waals surface area contributed by atoms with Gasteiger partial charge in [0.25, 0.3) is 0 Å². The maximum absolute atomic E-state index is 8.23. The first-order valence-corrected chi connectivity index (χ1v) is 2.54. The number of rotatable bonds is 3. The summed E-state index contributed by atoms with van der Waals surface area (Å²) in [4.78, 5) is 7.48. The van der Waals surface area contributed by atoms with E-state index in [1.54, 1.807) is 0 Å². The van der Waals surface area contributed by atoms with Gasteiger partial charge in [-0.1, -0.05) is 0 Å². The van der Waals surface area contributed by atoms with Gasteiger partial charge in [-0.15, -0.1) is 0 Å². The van der Waals surface area contributed by atoms with E-state index < -0.39 is 12.9 Å².